The molecule has 2 rings (SSSR count). The van der Waals surface area contributed by atoms with Crippen LogP contribution in [0, 0.1) is 11.8 Å². The van der Waals surface area contributed by atoms with Gasteiger partial charge in [-0.2, -0.15) is 0 Å². The minimum absolute atomic E-state index is 0.281. The summed E-state index contributed by atoms with van der Waals surface area (Å²) in [6.07, 6.45) is 2.44. The molecule has 0 amide bonds. The number of methoxy groups -OCH3 is 1. The first kappa shape index (κ1) is 16.3. The lowest BCUT2D eigenvalue weighted by molar-refractivity contribution is 0.261. The normalized spacial score (nSPS) is 26.8. The molecule has 0 aliphatic heterocycles. The third kappa shape index (κ3) is 3.40. The molecule has 1 saturated carbocycles. The first-order chi connectivity index (χ1) is 9.86. The van der Waals surface area contributed by atoms with Gasteiger partial charge in [0.25, 0.3) is 0 Å². The van der Waals surface area contributed by atoms with Crippen LogP contribution in [0.25, 0.3) is 0 Å². The quantitative estimate of drug-likeness (QED) is 0.928. The maximum atomic E-state index is 12.9. The Balaban J connectivity index is 2.32. The smallest absolute Gasteiger partial charge is 0.182 e. The van der Waals surface area contributed by atoms with Gasteiger partial charge < -0.3 is 10.5 Å². The molecule has 118 valence electrons. The van der Waals surface area contributed by atoms with Gasteiger partial charge in [0.15, 0.2) is 9.84 Å². The van der Waals surface area contributed by atoms with E-state index >= 15 is 0 Å². The zero-order chi connectivity index (χ0) is 15.6. The highest BCUT2D eigenvalue weighted by Crippen LogP contribution is 2.35. The van der Waals surface area contributed by atoms with E-state index in [1.165, 1.54) is 7.11 Å². The van der Waals surface area contributed by atoms with Crippen LogP contribution in [0.5, 0.6) is 5.75 Å². The molecule has 2 N–H and O–H groups in total. The van der Waals surface area contributed by atoms with E-state index < -0.39 is 15.1 Å². The maximum Gasteiger partial charge on any atom is 0.182 e. The van der Waals surface area contributed by atoms with Gasteiger partial charge in [-0.05, 0) is 49.3 Å². The second-order valence-electron chi connectivity index (χ2n) is 6.24. The molecule has 0 bridgehead atoms. The SMILES string of the molecule is COc1cccc(S(=O)(=O)C2CC(C(C)C)CCC2N)c1. The number of hydrogen-bond donors (Lipinski definition) is 1. The van der Waals surface area contributed by atoms with Crippen molar-refractivity contribution >= 4 is 9.84 Å². The van der Waals surface area contributed by atoms with E-state index in [0.29, 0.717) is 28.9 Å². The molecule has 1 aliphatic rings. The Morgan fingerprint density at radius 3 is 2.62 bits per heavy atom. The van der Waals surface area contributed by atoms with E-state index in [2.05, 4.69) is 13.8 Å². The van der Waals surface area contributed by atoms with Gasteiger partial charge in [0.05, 0.1) is 17.3 Å². The monoisotopic (exact) mass is 311 g/mol. The van der Waals surface area contributed by atoms with Gasteiger partial charge in [0.1, 0.15) is 5.75 Å². The second-order valence-corrected chi connectivity index (χ2v) is 8.41. The molecule has 0 radical (unpaired) electrons. The molecule has 0 aromatic heterocycles. The number of hydrogen-bond acceptors (Lipinski definition) is 4. The Kier molecular flexibility index (Phi) is 4.94. The highest BCUT2D eigenvalue weighted by Gasteiger charge is 2.38. The Morgan fingerprint density at radius 2 is 2.00 bits per heavy atom. The zero-order valence-electron chi connectivity index (χ0n) is 13.0. The van der Waals surface area contributed by atoms with E-state index in [0.717, 1.165) is 12.8 Å². The average Bonchev–Trinajstić information content (AvgIpc) is 2.47. The molecule has 0 spiro atoms. The molecule has 5 heteroatoms. The first-order valence-electron chi connectivity index (χ1n) is 7.49. The van der Waals surface area contributed by atoms with Crippen LogP contribution in [0.4, 0.5) is 0 Å². The predicted molar refractivity (Wildman–Crippen MR) is 84.1 cm³/mol. The van der Waals surface area contributed by atoms with Crippen molar-refractivity contribution in [3.63, 3.8) is 0 Å². The van der Waals surface area contributed by atoms with Crippen molar-refractivity contribution in [2.45, 2.75) is 49.3 Å². The van der Waals surface area contributed by atoms with Crippen molar-refractivity contribution in [2.75, 3.05) is 7.11 Å². The minimum atomic E-state index is -3.42. The molecule has 1 aromatic carbocycles. The standard InChI is InChI=1S/C16H25NO3S/c1-11(2)12-7-8-15(17)16(9-12)21(18,19)14-6-4-5-13(10-14)20-3/h4-6,10-12,15-16H,7-9,17H2,1-3H3. The van der Waals surface area contributed by atoms with Gasteiger partial charge in [-0.25, -0.2) is 8.42 Å². The third-order valence-corrected chi connectivity index (χ3v) is 6.84. The third-order valence-electron chi connectivity index (χ3n) is 4.59. The van der Waals surface area contributed by atoms with Crippen molar-refractivity contribution in [2.24, 2.45) is 17.6 Å². The summed E-state index contributed by atoms with van der Waals surface area (Å²) in [5, 5.41) is -0.495. The topological polar surface area (TPSA) is 69.4 Å². The van der Waals surface area contributed by atoms with Crippen LogP contribution in [-0.2, 0) is 9.84 Å². The molecule has 1 aromatic rings. The Morgan fingerprint density at radius 1 is 1.29 bits per heavy atom. The maximum absolute atomic E-state index is 12.9. The van der Waals surface area contributed by atoms with E-state index in [1.807, 2.05) is 0 Å². The Labute approximate surface area is 127 Å². The lowest BCUT2D eigenvalue weighted by Crippen LogP contribution is -2.45. The van der Waals surface area contributed by atoms with Crippen LogP contribution in [-0.4, -0.2) is 26.8 Å². The molecule has 4 nitrogen and oxygen atoms in total. The first-order valence-corrected chi connectivity index (χ1v) is 9.04. The molecule has 3 atom stereocenters. The van der Waals surface area contributed by atoms with Gasteiger partial charge in [-0.3, -0.25) is 0 Å². The summed E-state index contributed by atoms with van der Waals surface area (Å²) in [7, 11) is -1.88. The summed E-state index contributed by atoms with van der Waals surface area (Å²) >= 11 is 0. The molecule has 0 saturated heterocycles. The number of benzene rings is 1. The predicted octanol–water partition coefficient (Wildman–Crippen LogP) is 2.62. The fourth-order valence-corrected chi connectivity index (χ4v) is 5.09. The number of sulfone groups is 1. The largest absolute Gasteiger partial charge is 0.497 e. The van der Waals surface area contributed by atoms with Gasteiger partial charge in [-0.15, -0.1) is 0 Å². The molecular weight excluding hydrogens is 286 g/mol. The van der Waals surface area contributed by atoms with Crippen LogP contribution in [0.3, 0.4) is 0 Å². The summed E-state index contributed by atoms with van der Waals surface area (Å²) in [5.74, 6) is 1.47. The second kappa shape index (κ2) is 6.36. The fraction of sp³-hybridized carbons (Fsp3) is 0.625. The molecule has 1 fully saturated rings. The molecule has 1 aliphatic carbocycles. The lowest BCUT2D eigenvalue weighted by atomic mass is 9.79. The highest BCUT2D eigenvalue weighted by atomic mass is 32.2. The summed E-state index contributed by atoms with van der Waals surface area (Å²) in [6, 6.07) is 6.39. The van der Waals surface area contributed by atoms with Crippen molar-refractivity contribution in [3.05, 3.63) is 24.3 Å². The fourth-order valence-electron chi connectivity index (χ4n) is 3.10. The van der Waals surface area contributed by atoms with Crippen LogP contribution in [0.1, 0.15) is 33.1 Å². The van der Waals surface area contributed by atoms with E-state index in [1.54, 1.807) is 24.3 Å². The molecule has 0 heterocycles. The van der Waals surface area contributed by atoms with Crippen molar-refractivity contribution in [3.8, 4) is 5.75 Å². The zero-order valence-corrected chi connectivity index (χ0v) is 13.8. The van der Waals surface area contributed by atoms with Crippen molar-refractivity contribution in [1.82, 2.24) is 0 Å². The summed E-state index contributed by atoms with van der Waals surface area (Å²) in [5.41, 5.74) is 6.12. The highest BCUT2D eigenvalue weighted by molar-refractivity contribution is 7.92. The van der Waals surface area contributed by atoms with Crippen LogP contribution in [0.2, 0.25) is 0 Å². The van der Waals surface area contributed by atoms with Gasteiger partial charge in [0, 0.05) is 6.04 Å². The van der Waals surface area contributed by atoms with E-state index in [4.69, 9.17) is 10.5 Å². The molecule has 3 unspecified atom stereocenters. The van der Waals surface area contributed by atoms with Gasteiger partial charge in [0.2, 0.25) is 0 Å². The van der Waals surface area contributed by atoms with Crippen molar-refractivity contribution < 1.29 is 13.2 Å². The molecule has 21 heavy (non-hydrogen) atoms. The van der Waals surface area contributed by atoms with Gasteiger partial charge in [-0.1, -0.05) is 19.9 Å². The number of ether oxygens (including phenoxy) is 1. The van der Waals surface area contributed by atoms with E-state index in [-0.39, 0.29) is 6.04 Å². The van der Waals surface area contributed by atoms with E-state index in [9.17, 15) is 8.42 Å². The van der Waals surface area contributed by atoms with Crippen LogP contribution >= 0.6 is 0 Å². The number of rotatable bonds is 4. The lowest BCUT2D eigenvalue weighted by Gasteiger charge is -2.35. The summed E-state index contributed by atoms with van der Waals surface area (Å²) in [6.45, 7) is 4.30. The van der Waals surface area contributed by atoms with Crippen LogP contribution in [0.15, 0.2) is 29.2 Å². The molecular formula is C16H25NO3S. The van der Waals surface area contributed by atoms with Crippen LogP contribution < -0.4 is 10.5 Å². The summed E-state index contributed by atoms with van der Waals surface area (Å²) in [4.78, 5) is 0.312. The Bertz CT molecular complexity index is 583. The minimum Gasteiger partial charge on any atom is -0.497 e. The average molecular weight is 311 g/mol. The number of nitrogens with two attached hydrogens (primary N) is 1. The van der Waals surface area contributed by atoms with Gasteiger partial charge >= 0.3 is 0 Å². The van der Waals surface area contributed by atoms with Crippen molar-refractivity contribution in [1.29, 1.82) is 0 Å². The Hall–Kier alpha value is -1.07. The summed E-state index contributed by atoms with van der Waals surface area (Å²) < 4.78 is 30.9.